The first-order valence-electron chi connectivity index (χ1n) is 11.8. The Balaban J connectivity index is 1.61. The first-order valence-corrected chi connectivity index (χ1v) is 11.8. The van der Waals surface area contributed by atoms with Gasteiger partial charge in [0.05, 0.1) is 11.2 Å². The Bertz CT molecular complexity index is 1710. The highest BCUT2D eigenvalue weighted by Gasteiger charge is 2.22. The number of hydrogen-bond acceptors (Lipinski definition) is 6. The summed E-state index contributed by atoms with van der Waals surface area (Å²) in [6.45, 7) is 9.06. The van der Waals surface area contributed by atoms with E-state index in [-0.39, 0.29) is 17.5 Å². The van der Waals surface area contributed by atoms with Crippen LogP contribution in [0.1, 0.15) is 18.2 Å². The van der Waals surface area contributed by atoms with Crippen LogP contribution in [-0.4, -0.2) is 25.4 Å². The molecule has 5 aromatic rings. The van der Waals surface area contributed by atoms with Gasteiger partial charge in [-0.25, -0.2) is 19.3 Å². The summed E-state index contributed by atoms with van der Waals surface area (Å²) in [4.78, 5) is 24.9. The average Bonchev–Trinajstić information content (AvgIpc) is 3.19. The van der Waals surface area contributed by atoms with E-state index in [1.54, 1.807) is 43.3 Å². The van der Waals surface area contributed by atoms with E-state index < -0.39 is 5.82 Å². The number of amides is 1. The molecule has 8 nitrogen and oxygen atoms in total. The summed E-state index contributed by atoms with van der Waals surface area (Å²) in [6, 6.07) is 17.3. The number of hydrogen-bond donors (Lipinski definition) is 2. The quantitative estimate of drug-likeness (QED) is 0.267. The Labute approximate surface area is 218 Å². The molecule has 0 atom stereocenters. The fourth-order valence-corrected chi connectivity index (χ4v) is 4.23. The molecule has 3 heterocycles. The molecular formula is C29H25FN6O2. The first-order chi connectivity index (χ1) is 18.2. The number of benzene rings is 2. The van der Waals surface area contributed by atoms with Crippen molar-refractivity contribution in [1.29, 1.82) is 0 Å². The van der Waals surface area contributed by atoms with Crippen LogP contribution in [0, 0.1) is 19.7 Å². The highest BCUT2D eigenvalue weighted by atomic mass is 19.1. The predicted molar refractivity (Wildman–Crippen MR) is 146 cm³/mol. The second kappa shape index (κ2) is 9.78. The number of aromatic nitrogens is 4. The van der Waals surface area contributed by atoms with E-state index in [1.807, 2.05) is 36.6 Å². The summed E-state index contributed by atoms with van der Waals surface area (Å²) < 4.78 is 22.8. The van der Waals surface area contributed by atoms with E-state index in [4.69, 9.17) is 10.5 Å². The summed E-state index contributed by atoms with van der Waals surface area (Å²) in [5.41, 5.74) is 12.2. The number of aryl methyl sites for hydroxylation is 2. The number of nitrogens with two attached hydrogens (primary N) is 1. The summed E-state index contributed by atoms with van der Waals surface area (Å²) in [5, 5.41) is 2.80. The minimum atomic E-state index is -0.565. The highest BCUT2D eigenvalue weighted by molar-refractivity contribution is 6.03. The van der Waals surface area contributed by atoms with Gasteiger partial charge in [0.15, 0.2) is 17.4 Å². The summed E-state index contributed by atoms with van der Waals surface area (Å²) in [5.74, 6) is -0.215. The van der Waals surface area contributed by atoms with E-state index in [1.165, 1.54) is 12.4 Å². The second-order valence-electron chi connectivity index (χ2n) is 8.91. The maximum atomic E-state index is 15.3. The van der Waals surface area contributed by atoms with Crippen molar-refractivity contribution >= 4 is 28.4 Å². The molecule has 0 radical (unpaired) electrons. The van der Waals surface area contributed by atoms with Gasteiger partial charge in [-0.3, -0.25) is 4.79 Å². The number of anilines is 2. The Kier molecular flexibility index (Phi) is 6.34. The number of halogens is 1. The number of carbonyl (C=O) groups is 1. The van der Waals surface area contributed by atoms with Crippen molar-refractivity contribution in [1.82, 2.24) is 19.5 Å². The van der Waals surface area contributed by atoms with Gasteiger partial charge in [-0.1, -0.05) is 24.8 Å². The predicted octanol–water partition coefficient (Wildman–Crippen LogP) is 6.13. The van der Waals surface area contributed by atoms with Gasteiger partial charge in [-0.05, 0) is 56.7 Å². The molecule has 0 bridgehead atoms. The lowest BCUT2D eigenvalue weighted by Crippen LogP contribution is -2.11. The number of pyridine rings is 1. The van der Waals surface area contributed by atoms with E-state index in [9.17, 15) is 4.79 Å². The maximum absolute atomic E-state index is 15.3. The van der Waals surface area contributed by atoms with Gasteiger partial charge in [0, 0.05) is 40.3 Å². The van der Waals surface area contributed by atoms with Crippen molar-refractivity contribution in [2.24, 2.45) is 0 Å². The summed E-state index contributed by atoms with van der Waals surface area (Å²) in [7, 11) is 0. The molecule has 0 fully saturated rings. The number of fused-ring (bicyclic) bond motifs is 1. The van der Waals surface area contributed by atoms with E-state index in [0.29, 0.717) is 33.9 Å². The molecular weight excluding hydrogens is 483 g/mol. The van der Waals surface area contributed by atoms with Gasteiger partial charge in [0.25, 0.3) is 5.91 Å². The molecule has 0 aliphatic heterocycles. The van der Waals surface area contributed by atoms with Gasteiger partial charge >= 0.3 is 0 Å². The van der Waals surface area contributed by atoms with Crippen LogP contribution in [0.4, 0.5) is 15.9 Å². The number of rotatable bonds is 6. The van der Waals surface area contributed by atoms with Crippen molar-refractivity contribution in [3.05, 3.63) is 96.2 Å². The zero-order valence-electron chi connectivity index (χ0n) is 21.1. The molecule has 3 aromatic heterocycles. The zero-order chi connectivity index (χ0) is 27.0. The van der Waals surface area contributed by atoms with E-state index in [0.717, 1.165) is 22.5 Å². The Morgan fingerprint density at radius 1 is 1.08 bits per heavy atom. The molecule has 3 N–H and O–H groups in total. The van der Waals surface area contributed by atoms with Gasteiger partial charge in [0.2, 0.25) is 5.88 Å². The molecule has 0 aliphatic carbocycles. The van der Waals surface area contributed by atoms with Crippen molar-refractivity contribution in [3.8, 4) is 28.6 Å². The molecule has 1 amide bonds. The van der Waals surface area contributed by atoms with Gasteiger partial charge in [-0.15, -0.1) is 0 Å². The molecule has 9 heteroatoms. The zero-order valence-corrected chi connectivity index (χ0v) is 21.1. The third kappa shape index (κ3) is 4.57. The standard InChI is InChI=1S/C29H25FN6O2/c1-16(2)29(37)35-20-10-8-19(9-11-20)26-18(4)25-27(28(31)33-15-32-25)36(26)21-12-13-23(22(30)14-21)38-24-7-5-6-17(3)34-24/h5-15H,1H2,2-4H3,(H,35,37)(H2,31,32,33). The van der Waals surface area contributed by atoms with Crippen molar-refractivity contribution in [3.63, 3.8) is 0 Å². The molecule has 0 saturated heterocycles. The van der Waals surface area contributed by atoms with Crippen molar-refractivity contribution < 1.29 is 13.9 Å². The smallest absolute Gasteiger partial charge is 0.250 e. The Hall–Kier alpha value is -5.05. The number of nitrogens with one attached hydrogen (secondary N) is 1. The summed E-state index contributed by atoms with van der Waals surface area (Å²) in [6.07, 6.45) is 1.40. The number of nitrogens with zero attached hydrogens (tertiary/aromatic N) is 4. The van der Waals surface area contributed by atoms with Crippen LogP contribution in [0.5, 0.6) is 11.6 Å². The fourth-order valence-electron chi connectivity index (χ4n) is 4.23. The molecule has 5 rings (SSSR count). The van der Waals surface area contributed by atoms with Crippen molar-refractivity contribution in [2.45, 2.75) is 20.8 Å². The van der Waals surface area contributed by atoms with Crippen LogP contribution >= 0.6 is 0 Å². The minimum absolute atomic E-state index is 0.0448. The largest absolute Gasteiger partial charge is 0.436 e. The van der Waals surface area contributed by atoms with Crippen LogP contribution in [0.3, 0.4) is 0 Å². The lowest BCUT2D eigenvalue weighted by molar-refractivity contribution is -0.112. The third-order valence-electron chi connectivity index (χ3n) is 6.06. The molecule has 0 spiro atoms. The molecule has 0 unspecified atom stereocenters. The van der Waals surface area contributed by atoms with E-state index in [2.05, 4.69) is 26.8 Å². The second-order valence-corrected chi connectivity index (χ2v) is 8.91. The Morgan fingerprint density at radius 3 is 2.53 bits per heavy atom. The van der Waals surface area contributed by atoms with Crippen LogP contribution in [0.15, 0.2) is 79.1 Å². The Morgan fingerprint density at radius 2 is 1.84 bits per heavy atom. The number of nitrogen functional groups attached to an aromatic ring is 1. The molecule has 38 heavy (non-hydrogen) atoms. The lowest BCUT2D eigenvalue weighted by atomic mass is 10.1. The van der Waals surface area contributed by atoms with Gasteiger partial charge in [0.1, 0.15) is 11.8 Å². The van der Waals surface area contributed by atoms with Crippen molar-refractivity contribution in [2.75, 3.05) is 11.1 Å². The first kappa shape index (κ1) is 24.6. The fraction of sp³-hybridized carbons (Fsp3) is 0.103. The molecule has 190 valence electrons. The third-order valence-corrected chi connectivity index (χ3v) is 6.06. The van der Waals surface area contributed by atoms with Crippen LogP contribution in [0.2, 0.25) is 0 Å². The SMILES string of the molecule is C=C(C)C(=O)Nc1ccc(-c2c(C)c3ncnc(N)c3n2-c2ccc(Oc3cccc(C)n3)c(F)c2)cc1. The van der Waals surface area contributed by atoms with E-state index >= 15 is 4.39 Å². The van der Waals surface area contributed by atoms with Gasteiger partial charge in [-0.2, -0.15) is 0 Å². The van der Waals surface area contributed by atoms with Gasteiger partial charge < -0.3 is 20.4 Å². The topological polar surface area (TPSA) is 108 Å². The molecule has 0 aliphatic rings. The minimum Gasteiger partial charge on any atom is -0.436 e. The number of carbonyl (C=O) groups excluding carboxylic acids is 1. The monoisotopic (exact) mass is 508 g/mol. The maximum Gasteiger partial charge on any atom is 0.250 e. The molecule has 2 aromatic carbocycles. The normalized spacial score (nSPS) is 10.9. The average molecular weight is 509 g/mol. The highest BCUT2D eigenvalue weighted by Crippen LogP contribution is 2.38. The molecule has 0 saturated carbocycles. The van der Waals surface area contributed by atoms with Crippen LogP contribution in [0.25, 0.3) is 28.0 Å². The summed E-state index contributed by atoms with van der Waals surface area (Å²) >= 11 is 0. The number of ether oxygens (including phenoxy) is 1. The van der Waals surface area contributed by atoms with Crippen LogP contribution < -0.4 is 15.8 Å². The van der Waals surface area contributed by atoms with Crippen LogP contribution in [-0.2, 0) is 4.79 Å². The lowest BCUT2D eigenvalue weighted by Gasteiger charge is -2.15.